The van der Waals surface area contributed by atoms with Crippen LogP contribution in [0, 0.1) is 10.1 Å². The number of ether oxygens (including phenoxy) is 2. The first kappa shape index (κ1) is 20.3. The Labute approximate surface area is 161 Å². The molecule has 0 fully saturated rings. The number of esters is 1. The van der Waals surface area contributed by atoms with E-state index in [9.17, 15) is 19.7 Å². The van der Waals surface area contributed by atoms with Gasteiger partial charge >= 0.3 is 12.1 Å². The van der Waals surface area contributed by atoms with Gasteiger partial charge in [-0.3, -0.25) is 10.1 Å². The van der Waals surface area contributed by atoms with Gasteiger partial charge in [0, 0.05) is 17.8 Å². The number of methoxy groups -OCH3 is 1. The molecule has 0 radical (unpaired) electrons. The molecule has 10 heteroatoms. The first-order valence-corrected chi connectivity index (χ1v) is 8.42. The average molecular weight is 393 g/mol. The number of carbonyl (C=O) groups is 2. The van der Waals surface area contributed by atoms with Gasteiger partial charge in [0.2, 0.25) is 0 Å². The van der Waals surface area contributed by atoms with E-state index < -0.39 is 29.1 Å². The molecule has 1 atom stereocenters. The number of allylic oxidation sites excluding steroid dienone is 1. The predicted octanol–water partition coefficient (Wildman–Crippen LogP) is 2.82. The largest absolute Gasteiger partial charge is 0.459 e. The van der Waals surface area contributed by atoms with Crippen LogP contribution in [-0.4, -0.2) is 40.2 Å². The van der Waals surface area contributed by atoms with Crippen LogP contribution in [0.25, 0.3) is 0 Å². The molecule has 27 heavy (non-hydrogen) atoms. The van der Waals surface area contributed by atoms with Crippen LogP contribution in [0.4, 0.5) is 10.5 Å². The molecule has 2 rings (SSSR count). The number of carbonyl (C=O) groups excluding carboxylic acids is 2. The number of non-ortho nitro benzene ring substituents is 1. The van der Waals surface area contributed by atoms with Crippen LogP contribution in [-0.2, 0) is 14.3 Å². The molecule has 0 bridgehead atoms. The summed E-state index contributed by atoms with van der Waals surface area (Å²) in [7, 11) is 1.17. The summed E-state index contributed by atoms with van der Waals surface area (Å²) in [5.41, 5.74) is 0.648. The van der Waals surface area contributed by atoms with Crippen molar-refractivity contribution >= 4 is 35.1 Å². The molecule has 1 aliphatic heterocycles. The van der Waals surface area contributed by atoms with Gasteiger partial charge in [-0.1, -0.05) is 12.1 Å². The lowest BCUT2D eigenvalue weighted by atomic mass is 9.94. The van der Waals surface area contributed by atoms with Crippen molar-refractivity contribution in [1.29, 1.82) is 0 Å². The third-order valence-electron chi connectivity index (χ3n) is 3.78. The molecule has 9 nitrogen and oxygen atoms in total. The Balaban J connectivity index is 2.67. The number of hydrogen-bond donors (Lipinski definition) is 1. The maximum absolute atomic E-state index is 12.7. The molecular weight excluding hydrogens is 374 g/mol. The molecule has 0 unspecified atom stereocenters. The predicted molar refractivity (Wildman–Crippen MR) is 99.7 cm³/mol. The third kappa shape index (κ3) is 4.22. The first-order valence-electron chi connectivity index (χ1n) is 8.01. The van der Waals surface area contributed by atoms with E-state index in [0.29, 0.717) is 11.3 Å². The van der Waals surface area contributed by atoms with Crippen molar-refractivity contribution in [3.05, 3.63) is 51.2 Å². The smallest absolute Gasteiger partial charge is 0.416 e. The third-order valence-corrected chi connectivity index (χ3v) is 4.08. The van der Waals surface area contributed by atoms with E-state index in [0.717, 1.165) is 4.90 Å². The highest BCUT2D eigenvalue weighted by atomic mass is 32.1. The van der Waals surface area contributed by atoms with Crippen molar-refractivity contribution in [2.24, 2.45) is 0 Å². The van der Waals surface area contributed by atoms with Crippen molar-refractivity contribution in [2.45, 2.75) is 32.9 Å². The SMILES string of the molecule is COC(=O)N1C(=S)NC(C)=C(C(=O)OC(C)C)[C@H]1c1cccc([N+](=O)[O-])c1. The van der Waals surface area contributed by atoms with Crippen LogP contribution in [0.15, 0.2) is 35.5 Å². The fraction of sp³-hybridized carbons (Fsp3) is 0.353. The minimum atomic E-state index is -1.03. The second kappa shape index (κ2) is 8.12. The van der Waals surface area contributed by atoms with Gasteiger partial charge in [-0.05, 0) is 38.6 Å². The highest BCUT2D eigenvalue weighted by Crippen LogP contribution is 2.36. The minimum absolute atomic E-state index is 0.0111. The van der Waals surface area contributed by atoms with Crippen LogP contribution in [0.2, 0.25) is 0 Å². The van der Waals surface area contributed by atoms with Crippen molar-refractivity contribution in [2.75, 3.05) is 7.11 Å². The van der Waals surface area contributed by atoms with Gasteiger partial charge in [0.15, 0.2) is 5.11 Å². The molecule has 1 N–H and O–H groups in total. The fourth-order valence-corrected chi connectivity index (χ4v) is 3.03. The van der Waals surface area contributed by atoms with Crippen LogP contribution in [0.3, 0.4) is 0 Å². The van der Waals surface area contributed by atoms with Gasteiger partial charge in [-0.2, -0.15) is 0 Å². The minimum Gasteiger partial charge on any atom is -0.459 e. The first-order chi connectivity index (χ1) is 12.7. The molecule has 1 aromatic carbocycles. The molecule has 144 valence electrons. The Bertz CT molecular complexity index is 836. The lowest BCUT2D eigenvalue weighted by molar-refractivity contribution is -0.384. The van der Waals surface area contributed by atoms with Crippen LogP contribution in [0.1, 0.15) is 32.4 Å². The number of nitro benzene ring substituents is 1. The topological polar surface area (TPSA) is 111 Å². The second-order valence-corrected chi connectivity index (χ2v) is 6.40. The van der Waals surface area contributed by atoms with Gasteiger partial charge in [0.05, 0.1) is 23.7 Å². The Morgan fingerprint density at radius 3 is 2.59 bits per heavy atom. The zero-order valence-electron chi connectivity index (χ0n) is 15.2. The van der Waals surface area contributed by atoms with Gasteiger partial charge in [-0.15, -0.1) is 0 Å². The van der Waals surface area contributed by atoms with E-state index in [1.54, 1.807) is 26.8 Å². The number of nitrogens with one attached hydrogen (secondary N) is 1. The summed E-state index contributed by atoms with van der Waals surface area (Å²) >= 11 is 5.23. The number of thiocarbonyl (C=S) groups is 1. The number of amides is 1. The summed E-state index contributed by atoms with van der Waals surface area (Å²) in [5.74, 6) is -0.664. The Morgan fingerprint density at radius 2 is 2.04 bits per heavy atom. The van der Waals surface area contributed by atoms with E-state index in [2.05, 4.69) is 5.32 Å². The Morgan fingerprint density at radius 1 is 1.37 bits per heavy atom. The molecule has 1 heterocycles. The molecule has 0 aromatic heterocycles. The summed E-state index contributed by atoms with van der Waals surface area (Å²) in [4.78, 5) is 36.7. The molecule has 0 saturated heterocycles. The van der Waals surface area contributed by atoms with E-state index in [1.165, 1.54) is 25.3 Å². The number of hydrogen-bond acceptors (Lipinski definition) is 7. The quantitative estimate of drug-likeness (QED) is 0.360. The van der Waals surface area contributed by atoms with Gasteiger partial charge < -0.3 is 14.8 Å². The fourth-order valence-electron chi connectivity index (χ4n) is 2.69. The lowest BCUT2D eigenvalue weighted by Crippen LogP contribution is -2.51. The van der Waals surface area contributed by atoms with Crippen molar-refractivity contribution in [1.82, 2.24) is 10.2 Å². The zero-order chi connectivity index (χ0) is 20.3. The second-order valence-electron chi connectivity index (χ2n) is 6.02. The summed E-state index contributed by atoms with van der Waals surface area (Å²) in [6.45, 7) is 4.99. The van der Waals surface area contributed by atoms with E-state index in [-0.39, 0.29) is 16.4 Å². The number of nitro groups is 1. The maximum atomic E-state index is 12.7. The van der Waals surface area contributed by atoms with E-state index in [4.69, 9.17) is 21.7 Å². The number of benzene rings is 1. The molecular formula is C17H19N3O6S. The lowest BCUT2D eigenvalue weighted by Gasteiger charge is -2.37. The molecule has 1 aromatic rings. The van der Waals surface area contributed by atoms with Crippen LogP contribution < -0.4 is 5.32 Å². The van der Waals surface area contributed by atoms with Gasteiger partial charge in [-0.25, -0.2) is 14.5 Å². The molecule has 0 aliphatic carbocycles. The summed E-state index contributed by atoms with van der Waals surface area (Å²) in [5, 5.41) is 14.0. The Kier molecular flexibility index (Phi) is 6.11. The van der Waals surface area contributed by atoms with Crippen LogP contribution >= 0.6 is 12.2 Å². The summed E-state index contributed by atoms with van der Waals surface area (Å²) < 4.78 is 10.1. The Hall–Kier alpha value is -3.01. The number of rotatable bonds is 4. The standard InChI is InChI=1S/C17H19N3O6S/c1-9(2)26-15(21)13-10(3)18-16(27)19(17(22)25-4)14(13)11-6-5-7-12(8-11)20(23)24/h5-9,14H,1-4H3,(H,18,27)/t14-/m1/s1. The average Bonchev–Trinajstić information content (AvgIpc) is 2.59. The van der Waals surface area contributed by atoms with E-state index in [1.807, 2.05) is 0 Å². The van der Waals surface area contributed by atoms with E-state index >= 15 is 0 Å². The highest BCUT2D eigenvalue weighted by molar-refractivity contribution is 7.80. The molecule has 0 saturated carbocycles. The number of nitrogens with zero attached hydrogens (tertiary/aromatic N) is 2. The normalized spacial score (nSPS) is 16.9. The molecule has 1 aliphatic rings. The highest BCUT2D eigenvalue weighted by Gasteiger charge is 2.41. The maximum Gasteiger partial charge on any atom is 0.416 e. The summed E-state index contributed by atoms with van der Waals surface area (Å²) in [6.07, 6.45) is -1.21. The molecule has 1 amide bonds. The molecule has 0 spiro atoms. The monoisotopic (exact) mass is 393 g/mol. The van der Waals surface area contributed by atoms with Crippen molar-refractivity contribution < 1.29 is 24.0 Å². The van der Waals surface area contributed by atoms with Gasteiger partial charge in [0.25, 0.3) is 5.69 Å². The van der Waals surface area contributed by atoms with Crippen LogP contribution in [0.5, 0.6) is 0 Å². The van der Waals surface area contributed by atoms with Crippen molar-refractivity contribution in [3.63, 3.8) is 0 Å². The van der Waals surface area contributed by atoms with Crippen molar-refractivity contribution in [3.8, 4) is 0 Å². The summed E-state index contributed by atoms with van der Waals surface area (Å²) in [6, 6.07) is 4.60. The van der Waals surface area contributed by atoms with Gasteiger partial charge in [0.1, 0.15) is 6.04 Å². The zero-order valence-corrected chi connectivity index (χ0v) is 16.0.